The number of thiazole rings is 1. The zero-order chi connectivity index (χ0) is 21.2. The Hall–Kier alpha value is -2.77. The van der Waals surface area contributed by atoms with E-state index in [-0.39, 0.29) is 25.3 Å². The van der Waals surface area contributed by atoms with Crippen molar-refractivity contribution < 1.29 is 27.1 Å². The van der Waals surface area contributed by atoms with Crippen LogP contribution in [0.5, 0.6) is 0 Å². The normalized spacial score (nSPS) is 19.3. The maximum Gasteiger partial charge on any atom is 0.410 e. The molecule has 0 aliphatic carbocycles. The Labute approximate surface area is 170 Å². The third kappa shape index (κ3) is 5.40. The number of likely N-dealkylation sites (tertiary alicyclic amines) is 1. The highest BCUT2D eigenvalue weighted by molar-refractivity contribution is 7.86. The van der Waals surface area contributed by atoms with Gasteiger partial charge in [0, 0.05) is 23.9 Å². The molecule has 1 aromatic carbocycles. The molecule has 29 heavy (non-hydrogen) atoms. The number of nitrogens with two attached hydrogens (primary N) is 1. The number of carbonyl (C=O) groups excluding carboxylic acids is 1. The molecule has 0 bridgehead atoms. The van der Waals surface area contributed by atoms with Gasteiger partial charge in [0.25, 0.3) is 15.8 Å². The Kier molecular flexibility index (Phi) is 6.00. The van der Waals surface area contributed by atoms with Crippen molar-refractivity contribution in [2.45, 2.75) is 25.2 Å². The van der Waals surface area contributed by atoms with Crippen LogP contribution in [0.25, 0.3) is 0 Å². The number of non-ortho nitro benzene ring substituents is 1. The summed E-state index contributed by atoms with van der Waals surface area (Å²) in [6.45, 7) is -0.0921. The maximum atomic E-state index is 12.6. The summed E-state index contributed by atoms with van der Waals surface area (Å²) in [5.41, 5.74) is 6.70. The number of nitrogen functional groups attached to an aromatic ring is 1. The monoisotopic (exact) mass is 442 g/mol. The molecule has 0 radical (unpaired) electrons. The molecule has 2 heterocycles. The minimum absolute atomic E-state index is 0.00820. The molecule has 1 aliphatic rings. The van der Waals surface area contributed by atoms with Gasteiger partial charge in [0.2, 0.25) is 0 Å². The van der Waals surface area contributed by atoms with Crippen molar-refractivity contribution in [2.24, 2.45) is 0 Å². The van der Waals surface area contributed by atoms with Crippen molar-refractivity contribution in [1.82, 2.24) is 9.88 Å². The van der Waals surface area contributed by atoms with Gasteiger partial charge in [0.1, 0.15) is 6.61 Å². The molecule has 2 aromatic rings. The van der Waals surface area contributed by atoms with Gasteiger partial charge < -0.3 is 10.5 Å². The van der Waals surface area contributed by atoms with Gasteiger partial charge in [-0.05, 0) is 17.7 Å². The standard InChI is InChI=1S/C16H18N4O7S2/c1-29(24,25)27-12-6-14(13-9-28-15(17)18-13)19(7-12)16(21)26-8-10-2-4-11(5-3-10)20(22)23/h2-5,9,12,14H,6-8H2,1H3,(H2,17,18)/t12-,14+/m1/s1. The average Bonchev–Trinajstić information content (AvgIpc) is 3.24. The lowest BCUT2D eigenvalue weighted by atomic mass is 10.1. The summed E-state index contributed by atoms with van der Waals surface area (Å²) in [5, 5.41) is 12.7. The molecule has 2 atom stereocenters. The Morgan fingerprint density at radius 3 is 2.66 bits per heavy atom. The number of nitrogens with zero attached hydrogens (tertiary/aromatic N) is 3. The van der Waals surface area contributed by atoms with Crippen molar-refractivity contribution in [1.29, 1.82) is 0 Å². The fourth-order valence-corrected chi connectivity index (χ4v) is 4.24. The van der Waals surface area contributed by atoms with E-state index in [0.717, 1.165) is 6.26 Å². The molecule has 2 N–H and O–H groups in total. The van der Waals surface area contributed by atoms with Gasteiger partial charge in [-0.15, -0.1) is 11.3 Å². The van der Waals surface area contributed by atoms with E-state index in [0.29, 0.717) is 16.4 Å². The number of hydrogen-bond donors (Lipinski definition) is 1. The molecule has 1 saturated heterocycles. The maximum absolute atomic E-state index is 12.6. The van der Waals surface area contributed by atoms with Crippen LogP contribution in [0.2, 0.25) is 0 Å². The van der Waals surface area contributed by atoms with Gasteiger partial charge in [0.05, 0.1) is 35.6 Å². The van der Waals surface area contributed by atoms with Crippen LogP contribution >= 0.6 is 11.3 Å². The van der Waals surface area contributed by atoms with Crippen LogP contribution in [0.1, 0.15) is 23.7 Å². The van der Waals surface area contributed by atoms with Gasteiger partial charge in [-0.1, -0.05) is 0 Å². The summed E-state index contributed by atoms with van der Waals surface area (Å²) in [6, 6.07) is 5.07. The van der Waals surface area contributed by atoms with Crippen molar-refractivity contribution in [3.8, 4) is 0 Å². The molecule has 11 nitrogen and oxygen atoms in total. The molecule has 0 spiro atoms. The number of nitro benzene ring substituents is 1. The fraction of sp³-hybridized carbons (Fsp3) is 0.375. The van der Waals surface area contributed by atoms with Crippen molar-refractivity contribution in [2.75, 3.05) is 18.5 Å². The number of carbonyl (C=O) groups is 1. The van der Waals surface area contributed by atoms with E-state index in [1.807, 2.05) is 0 Å². The minimum Gasteiger partial charge on any atom is -0.445 e. The molecule has 1 amide bonds. The van der Waals surface area contributed by atoms with Crippen LogP contribution < -0.4 is 5.73 Å². The van der Waals surface area contributed by atoms with Gasteiger partial charge in [-0.3, -0.25) is 19.2 Å². The average molecular weight is 442 g/mol. The number of anilines is 1. The van der Waals surface area contributed by atoms with Gasteiger partial charge in [-0.25, -0.2) is 9.78 Å². The van der Waals surface area contributed by atoms with Gasteiger partial charge in [-0.2, -0.15) is 8.42 Å². The first-order chi connectivity index (χ1) is 13.6. The SMILES string of the molecule is CS(=O)(=O)O[C@@H]1C[C@@H](c2csc(N)n2)N(C(=O)OCc2ccc([N+](=O)[O-])cc2)C1. The number of hydrogen-bond acceptors (Lipinski definition) is 10. The first-order valence-corrected chi connectivity index (χ1v) is 11.1. The van der Waals surface area contributed by atoms with E-state index in [9.17, 15) is 23.3 Å². The van der Waals surface area contributed by atoms with Crippen LogP contribution in [0.3, 0.4) is 0 Å². The lowest BCUT2D eigenvalue weighted by Gasteiger charge is -2.22. The molecule has 1 fully saturated rings. The van der Waals surface area contributed by atoms with E-state index in [2.05, 4.69) is 4.98 Å². The Balaban J connectivity index is 1.70. The number of aromatic nitrogens is 1. The van der Waals surface area contributed by atoms with Crippen molar-refractivity contribution in [3.05, 3.63) is 51.0 Å². The molecular formula is C16H18N4O7S2. The Morgan fingerprint density at radius 1 is 1.41 bits per heavy atom. The van der Waals surface area contributed by atoms with E-state index >= 15 is 0 Å². The number of rotatable bonds is 6. The van der Waals surface area contributed by atoms with Crippen LogP contribution in [-0.4, -0.2) is 48.2 Å². The second kappa shape index (κ2) is 8.31. The van der Waals surface area contributed by atoms with Gasteiger partial charge in [0.15, 0.2) is 5.13 Å². The largest absolute Gasteiger partial charge is 0.445 e. The zero-order valence-electron chi connectivity index (χ0n) is 15.3. The number of amides is 1. The van der Waals surface area contributed by atoms with Crippen LogP contribution in [-0.2, 0) is 25.6 Å². The topological polar surface area (TPSA) is 155 Å². The number of benzene rings is 1. The predicted molar refractivity (Wildman–Crippen MR) is 104 cm³/mol. The molecular weight excluding hydrogens is 424 g/mol. The van der Waals surface area contributed by atoms with Crippen molar-refractivity contribution >= 4 is 38.4 Å². The van der Waals surface area contributed by atoms with E-state index < -0.39 is 33.3 Å². The molecule has 0 saturated carbocycles. The second-order valence-corrected chi connectivity index (χ2v) is 8.91. The molecule has 13 heteroatoms. The third-order valence-corrected chi connectivity index (χ3v) is 5.51. The Morgan fingerprint density at radius 2 is 2.10 bits per heavy atom. The van der Waals surface area contributed by atoms with Gasteiger partial charge >= 0.3 is 6.09 Å². The first kappa shape index (κ1) is 21.0. The minimum atomic E-state index is -3.70. The molecule has 0 unspecified atom stereocenters. The highest BCUT2D eigenvalue weighted by atomic mass is 32.2. The predicted octanol–water partition coefficient (Wildman–Crippen LogP) is 2.06. The first-order valence-electron chi connectivity index (χ1n) is 8.38. The van der Waals surface area contributed by atoms with Crippen molar-refractivity contribution in [3.63, 3.8) is 0 Å². The lowest BCUT2D eigenvalue weighted by Crippen LogP contribution is -2.33. The number of ether oxygens (including phenoxy) is 1. The van der Waals surface area contributed by atoms with E-state index in [1.54, 1.807) is 5.38 Å². The highest BCUT2D eigenvalue weighted by Gasteiger charge is 2.40. The fourth-order valence-electron chi connectivity index (χ4n) is 2.99. The lowest BCUT2D eigenvalue weighted by molar-refractivity contribution is -0.384. The van der Waals surface area contributed by atoms with E-state index in [4.69, 9.17) is 14.7 Å². The summed E-state index contributed by atoms with van der Waals surface area (Å²) in [4.78, 5) is 28.3. The Bertz CT molecular complexity index is 1010. The highest BCUT2D eigenvalue weighted by Crippen LogP contribution is 2.35. The van der Waals surface area contributed by atoms with Crippen LogP contribution in [0.4, 0.5) is 15.6 Å². The second-order valence-electron chi connectivity index (χ2n) is 6.41. The summed E-state index contributed by atoms with van der Waals surface area (Å²) < 4.78 is 33.3. The zero-order valence-corrected chi connectivity index (χ0v) is 16.9. The molecule has 3 rings (SSSR count). The molecule has 1 aromatic heterocycles. The summed E-state index contributed by atoms with van der Waals surface area (Å²) in [7, 11) is -3.70. The quantitative estimate of drug-likeness (QED) is 0.402. The third-order valence-electron chi connectivity index (χ3n) is 4.20. The summed E-state index contributed by atoms with van der Waals surface area (Å²) >= 11 is 1.21. The number of nitro groups is 1. The van der Waals surface area contributed by atoms with Crippen LogP contribution in [0, 0.1) is 10.1 Å². The van der Waals surface area contributed by atoms with E-state index in [1.165, 1.54) is 40.5 Å². The summed E-state index contributed by atoms with van der Waals surface area (Å²) in [6.07, 6.45) is -0.245. The summed E-state index contributed by atoms with van der Waals surface area (Å²) in [5.74, 6) is 0. The van der Waals surface area contributed by atoms with Crippen LogP contribution in [0.15, 0.2) is 29.6 Å². The molecule has 1 aliphatic heterocycles. The smallest absolute Gasteiger partial charge is 0.410 e. The molecule has 156 valence electrons.